The summed E-state index contributed by atoms with van der Waals surface area (Å²) in [6.45, 7) is 9.79. The van der Waals surface area contributed by atoms with Crippen LogP contribution in [0.25, 0.3) is 5.57 Å². The number of carbonyl (C=O) groups excluding carboxylic acids is 1. The summed E-state index contributed by atoms with van der Waals surface area (Å²) >= 11 is 0. The van der Waals surface area contributed by atoms with Crippen LogP contribution in [0.5, 0.6) is 5.75 Å². The Morgan fingerprint density at radius 3 is 2.53 bits per heavy atom. The molecule has 34 heavy (non-hydrogen) atoms. The standard InChI is InChI=1S/C29H36FNO3/c1-19(2)24(13-21-5-9-26(30)10-6-21)18-34-27-11-12-28-20(3)23(8-7-22(28)14-27)15-31-16-25(17-31)29(32)33-4/h5-6,9-12,14,19,24-25H,7-8,13,15-18H2,1-4H3. The molecule has 0 aromatic heterocycles. The van der Waals surface area contributed by atoms with Crippen molar-refractivity contribution in [3.05, 3.63) is 70.5 Å². The molecule has 1 fully saturated rings. The molecule has 0 N–H and O–H groups in total. The minimum Gasteiger partial charge on any atom is -0.493 e. The number of halogens is 1. The number of hydrogen-bond donors (Lipinski definition) is 0. The van der Waals surface area contributed by atoms with Crippen molar-refractivity contribution in [1.82, 2.24) is 4.90 Å². The Balaban J connectivity index is 1.36. The van der Waals surface area contributed by atoms with Gasteiger partial charge >= 0.3 is 5.97 Å². The van der Waals surface area contributed by atoms with E-state index in [0.29, 0.717) is 18.4 Å². The fraction of sp³-hybridized carbons (Fsp3) is 0.483. The van der Waals surface area contributed by atoms with Crippen LogP contribution in [-0.2, 0) is 22.4 Å². The fourth-order valence-corrected chi connectivity index (χ4v) is 4.99. The molecule has 1 atom stereocenters. The van der Waals surface area contributed by atoms with E-state index in [9.17, 15) is 9.18 Å². The third-order valence-electron chi connectivity index (χ3n) is 7.43. The second kappa shape index (κ2) is 10.7. The maximum absolute atomic E-state index is 13.2. The molecular weight excluding hydrogens is 429 g/mol. The van der Waals surface area contributed by atoms with Gasteiger partial charge in [0, 0.05) is 19.6 Å². The zero-order valence-electron chi connectivity index (χ0n) is 20.8. The summed E-state index contributed by atoms with van der Waals surface area (Å²) in [5.74, 6) is 1.48. The van der Waals surface area contributed by atoms with Crippen LogP contribution in [0, 0.1) is 23.6 Å². The van der Waals surface area contributed by atoms with E-state index >= 15 is 0 Å². The lowest BCUT2D eigenvalue weighted by molar-refractivity contribution is -0.151. The van der Waals surface area contributed by atoms with Gasteiger partial charge in [-0.05, 0) is 84.6 Å². The van der Waals surface area contributed by atoms with E-state index in [4.69, 9.17) is 9.47 Å². The molecule has 1 saturated heterocycles. The number of allylic oxidation sites excluding steroid dienone is 1. The average molecular weight is 466 g/mol. The minimum atomic E-state index is -0.196. The molecule has 1 aliphatic carbocycles. The molecule has 4 rings (SSSR count). The lowest BCUT2D eigenvalue weighted by Gasteiger charge is -2.39. The SMILES string of the molecule is COC(=O)C1CN(CC2=C(C)c3ccc(OCC(Cc4ccc(F)cc4)C(C)C)cc3CC2)C1. The van der Waals surface area contributed by atoms with E-state index < -0.39 is 0 Å². The third kappa shape index (κ3) is 5.69. The monoisotopic (exact) mass is 465 g/mol. The largest absolute Gasteiger partial charge is 0.493 e. The first kappa shape index (κ1) is 24.5. The van der Waals surface area contributed by atoms with Crippen LogP contribution in [0.4, 0.5) is 4.39 Å². The second-order valence-corrected chi connectivity index (χ2v) is 10.1. The van der Waals surface area contributed by atoms with Gasteiger partial charge in [0.25, 0.3) is 0 Å². The summed E-state index contributed by atoms with van der Waals surface area (Å²) < 4.78 is 24.3. The summed E-state index contributed by atoms with van der Waals surface area (Å²) in [5, 5.41) is 0. The molecule has 4 nitrogen and oxygen atoms in total. The molecule has 1 aliphatic heterocycles. The zero-order valence-corrected chi connectivity index (χ0v) is 20.8. The Morgan fingerprint density at radius 2 is 1.85 bits per heavy atom. The topological polar surface area (TPSA) is 38.8 Å². The number of aryl methyl sites for hydroxylation is 1. The van der Waals surface area contributed by atoms with Crippen LogP contribution in [0.2, 0.25) is 0 Å². The number of carbonyl (C=O) groups is 1. The number of fused-ring (bicyclic) bond motifs is 1. The number of esters is 1. The van der Waals surface area contributed by atoms with Crippen molar-refractivity contribution < 1.29 is 18.7 Å². The first-order chi connectivity index (χ1) is 16.3. The van der Waals surface area contributed by atoms with Crippen molar-refractivity contribution in [3.63, 3.8) is 0 Å². The van der Waals surface area contributed by atoms with Crippen LogP contribution >= 0.6 is 0 Å². The predicted octanol–water partition coefficient (Wildman–Crippen LogP) is 5.54. The molecule has 0 radical (unpaired) electrons. The number of hydrogen-bond acceptors (Lipinski definition) is 4. The Kier molecular flexibility index (Phi) is 7.72. The molecule has 0 amide bonds. The van der Waals surface area contributed by atoms with Gasteiger partial charge in [0.05, 0.1) is 19.6 Å². The van der Waals surface area contributed by atoms with Gasteiger partial charge in [0.15, 0.2) is 0 Å². The number of rotatable bonds is 9. The van der Waals surface area contributed by atoms with Gasteiger partial charge in [-0.15, -0.1) is 0 Å². The molecule has 182 valence electrons. The molecule has 1 unspecified atom stereocenters. The third-order valence-corrected chi connectivity index (χ3v) is 7.43. The van der Waals surface area contributed by atoms with Gasteiger partial charge in [-0.3, -0.25) is 9.69 Å². The molecule has 0 bridgehead atoms. The van der Waals surface area contributed by atoms with E-state index in [1.165, 1.54) is 41.5 Å². The molecule has 2 aliphatic rings. The second-order valence-electron chi connectivity index (χ2n) is 10.1. The van der Waals surface area contributed by atoms with Crippen molar-refractivity contribution in [2.24, 2.45) is 17.8 Å². The maximum atomic E-state index is 13.2. The normalized spacial score (nSPS) is 17.4. The Bertz CT molecular complexity index is 1040. The summed E-state index contributed by atoms with van der Waals surface area (Å²) in [4.78, 5) is 14.0. The van der Waals surface area contributed by atoms with Crippen molar-refractivity contribution in [2.45, 2.75) is 40.0 Å². The van der Waals surface area contributed by atoms with Crippen molar-refractivity contribution in [3.8, 4) is 5.75 Å². The average Bonchev–Trinajstić information content (AvgIpc) is 2.80. The lowest BCUT2D eigenvalue weighted by Crippen LogP contribution is -2.51. The molecule has 5 heteroatoms. The Labute approximate surface area is 202 Å². The number of likely N-dealkylation sites (tertiary alicyclic amines) is 1. The first-order valence-electron chi connectivity index (χ1n) is 12.3. The highest BCUT2D eigenvalue weighted by Crippen LogP contribution is 2.35. The van der Waals surface area contributed by atoms with Crippen LogP contribution in [0.1, 0.15) is 43.9 Å². The Hall–Kier alpha value is -2.66. The van der Waals surface area contributed by atoms with E-state index in [1.54, 1.807) is 0 Å². The fourth-order valence-electron chi connectivity index (χ4n) is 4.99. The smallest absolute Gasteiger partial charge is 0.311 e. The van der Waals surface area contributed by atoms with Gasteiger partial charge < -0.3 is 9.47 Å². The van der Waals surface area contributed by atoms with E-state index in [2.05, 4.69) is 43.9 Å². The number of ether oxygens (including phenoxy) is 2. The summed E-state index contributed by atoms with van der Waals surface area (Å²) in [7, 11) is 1.46. The highest BCUT2D eigenvalue weighted by molar-refractivity contribution is 5.74. The van der Waals surface area contributed by atoms with Gasteiger partial charge in [0.1, 0.15) is 11.6 Å². The number of benzene rings is 2. The summed E-state index contributed by atoms with van der Waals surface area (Å²) in [6, 6.07) is 13.3. The molecule has 2 aromatic rings. The van der Waals surface area contributed by atoms with Crippen molar-refractivity contribution >= 4 is 11.5 Å². The van der Waals surface area contributed by atoms with Crippen LogP contribution < -0.4 is 4.74 Å². The predicted molar refractivity (Wildman–Crippen MR) is 133 cm³/mol. The maximum Gasteiger partial charge on any atom is 0.311 e. The zero-order chi connectivity index (χ0) is 24.2. The van der Waals surface area contributed by atoms with Gasteiger partial charge in [-0.25, -0.2) is 4.39 Å². The molecular formula is C29H36FNO3. The van der Waals surface area contributed by atoms with Crippen LogP contribution in [-0.4, -0.2) is 44.2 Å². The molecule has 0 spiro atoms. The number of methoxy groups -OCH3 is 1. The quantitative estimate of drug-likeness (QED) is 0.456. The molecule has 2 aromatic carbocycles. The van der Waals surface area contributed by atoms with Crippen molar-refractivity contribution in [1.29, 1.82) is 0 Å². The van der Waals surface area contributed by atoms with Crippen LogP contribution in [0.15, 0.2) is 48.0 Å². The van der Waals surface area contributed by atoms with Gasteiger partial charge in [-0.1, -0.05) is 37.6 Å². The van der Waals surface area contributed by atoms with E-state index in [1.807, 2.05) is 12.1 Å². The first-order valence-corrected chi connectivity index (χ1v) is 12.3. The van der Waals surface area contributed by atoms with E-state index in [-0.39, 0.29) is 17.7 Å². The Morgan fingerprint density at radius 1 is 1.12 bits per heavy atom. The van der Waals surface area contributed by atoms with Gasteiger partial charge in [0.2, 0.25) is 0 Å². The van der Waals surface area contributed by atoms with Crippen molar-refractivity contribution in [2.75, 3.05) is 33.4 Å². The molecule has 0 saturated carbocycles. The highest BCUT2D eigenvalue weighted by atomic mass is 19.1. The summed E-state index contributed by atoms with van der Waals surface area (Å²) in [6.07, 6.45) is 2.93. The van der Waals surface area contributed by atoms with E-state index in [0.717, 1.165) is 50.2 Å². The number of nitrogens with zero attached hydrogens (tertiary/aromatic N) is 1. The van der Waals surface area contributed by atoms with Gasteiger partial charge in [-0.2, -0.15) is 0 Å². The summed E-state index contributed by atoms with van der Waals surface area (Å²) in [5.41, 5.74) is 6.61. The molecule has 1 heterocycles. The lowest BCUT2D eigenvalue weighted by atomic mass is 9.85. The highest BCUT2D eigenvalue weighted by Gasteiger charge is 2.34. The minimum absolute atomic E-state index is 0.0270. The van der Waals surface area contributed by atoms with Crippen LogP contribution in [0.3, 0.4) is 0 Å².